The van der Waals surface area contributed by atoms with Gasteiger partial charge >= 0.3 is 0 Å². The molecule has 12 nitrogen and oxygen atoms in total. The number of hydrogen-bond acceptors (Lipinski definition) is 8. The first-order chi connectivity index (χ1) is 19.9. The fourth-order valence-electron chi connectivity index (χ4n) is 5.10. The lowest BCUT2D eigenvalue weighted by molar-refractivity contribution is -0.116. The molecule has 1 saturated heterocycles. The third-order valence-corrected chi connectivity index (χ3v) is 7.53. The first kappa shape index (κ1) is 29.0. The maximum atomic E-state index is 15.1. The summed E-state index contributed by atoms with van der Waals surface area (Å²) in [6, 6.07) is 2.70. The minimum Gasteiger partial charge on any atom is -0.504 e. The van der Waals surface area contributed by atoms with Crippen molar-refractivity contribution in [2.24, 2.45) is 12.8 Å². The SMILES string of the molecule is C[C@H]1CN(C)CCN1c1cc(NC(=O)Cn2cc(-c3cc(C(N)=O)c(O)c(F)c3F)c3c(=O)n(C)cnc32)c(Cl)cn1. The summed E-state index contributed by atoms with van der Waals surface area (Å²) in [4.78, 5) is 51.1. The number of anilines is 2. The number of aromatic hydroxyl groups is 1. The summed E-state index contributed by atoms with van der Waals surface area (Å²) in [5.41, 5.74) is 3.58. The summed E-state index contributed by atoms with van der Waals surface area (Å²) in [6.45, 7) is 4.11. The maximum absolute atomic E-state index is 15.1. The molecule has 1 atom stereocenters. The second-order valence-electron chi connectivity index (χ2n) is 10.2. The number of benzene rings is 1. The second kappa shape index (κ2) is 11.0. The zero-order valence-electron chi connectivity index (χ0n) is 22.9. The van der Waals surface area contributed by atoms with Gasteiger partial charge in [0.25, 0.3) is 11.5 Å². The van der Waals surface area contributed by atoms with Crippen molar-refractivity contribution < 1.29 is 23.5 Å². The van der Waals surface area contributed by atoms with E-state index in [1.54, 1.807) is 6.07 Å². The van der Waals surface area contributed by atoms with Crippen LogP contribution in [0.25, 0.3) is 22.2 Å². The van der Waals surface area contributed by atoms with Gasteiger partial charge in [0, 0.05) is 56.1 Å². The number of pyridine rings is 1. The van der Waals surface area contributed by atoms with Gasteiger partial charge in [-0.3, -0.25) is 14.4 Å². The lowest BCUT2D eigenvalue weighted by Gasteiger charge is -2.39. The molecule has 4 aromatic rings. The molecule has 0 aliphatic carbocycles. The van der Waals surface area contributed by atoms with E-state index in [-0.39, 0.29) is 34.2 Å². The number of phenols is 1. The van der Waals surface area contributed by atoms with E-state index in [1.165, 1.54) is 30.3 Å². The number of fused-ring (bicyclic) bond motifs is 1. The summed E-state index contributed by atoms with van der Waals surface area (Å²) in [5, 5.41) is 12.7. The van der Waals surface area contributed by atoms with Gasteiger partial charge in [-0.15, -0.1) is 0 Å². The van der Waals surface area contributed by atoms with Gasteiger partial charge in [-0.25, -0.2) is 14.4 Å². The monoisotopic (exact) mass is 600 g/mol. The highest BCUT2D eigenvalue weighted by molar-refractivity contribution is 6.33. The number of piperazine rings is 1. The van der Waals surface area contributed by atoms with E-state index in [9.17, 15) is 23.9 Å². The van der Waals surface area contributed by atoms with Crippen molar-refractivity contribution in [3.8, 4) is 16.9 Å². The van der Waals surface area contributed by atoms with Crippen LogP contribution in [0.15, 0.2) is 35.6 Å². The molecular formula is C27H27ClF2N8O4. The lowest BCUT2D eigenvalue weighted by atomic mass is 10.0. The first-order valence-electron chi connectivity index (χ1n) is 12.8. The number of aromatic nitrogens is 4. The van der Waals surface area contributed by atoms with Crippen molar-refractivity contribution in [3.05, 3.63) is 63.4 Å². The standard InChI is InChI=1S/C27H27ClF2N8O4/c1-13-9-35(2)4-5-38(13)19-7-18(17(28)8-32-19)34-20(39)11-37-10-16(21-26(37)33-12-36(3)27(21)42)14-6-15(25(31)41)24(40)23(30)22(14)29/h6-8,10,12-13,40H,4-5,9,11H2,1-3H3,(H2,31,41)(H,32,34,39)/t13-/m0/s1. The van der Waals surface area contributed by atoms with E-state index >= 15 is 4.39 Å². The average molecular weight is 601 g/mol. The second-order valence-corrected chi connectivity index (χ2v) is 10.6. The third kappa shape index (κ3) is 5.14. The Morgan fingerprint density at radius 1 is 1.17 bits per heavy atom. The fraction of sp³-hybridized carbons (Fsp3) is 0.296. The number of hydrogen-bond donors (Lipinski definition) is 3. The fourth-order valence-corrected chi connectivity index (χ4v) is 5.25. The highest BCUT2D eigenvalue weighted by Crippen LogP contribution is 2.36. The molecule has 220 valence electrons. The molecule has 4 N–H and O–H groups in total. The molecular weight excluding hydrogens is 574 g/mol. The molecule has 3 aromatic heterocycles. The number of nitrogens with two attached hydrogens (primary N) is 1. The number of carbonyl (C=O) groups is 2. The van der Waals surface area contributed by atoms with Crippen molar-refractivity contribution >= 4 is 46.0 Å². The van der Waals surface area contributed by atoms with E-state index in [1.807, 2.05) is 7.05 Å². The van der Waals surface area contributed by atoms with Crippen LogP contribution in [0.3, 0.4) is 0 Å². The zero-order valence-corrected chi connectivity index (χ0v) is 23.6. The van der Waals surface area contributed by atoms with Crippen LogP contribution in [0.5, 0.6) is 5.75 Å². The molecule has 42 heavy (non-hydrogen) atoms. The Balaban J connectivity index is 1.52. The van der Waals surface area contributed by atoms with Crippen LogP contribution in [0.1, 0.15) is 17.3 Å². The third-order valence-electron chi connectivity index (χ3n) is 7.23. The molecule has 0 radical (unpaired) electrons. The Labute approximate surface area is 242 Å². The number of nitrogens with zero attached hydrogens (tertiary/aromatic N) is 6. The topological polar surface area (TPSA) is 152 Å². The van der Waals surface area contributed by atoms with Crippen LogP contribution >= 0.6 is 11.6 Å². The quantitative estimate of drug-likeness (QED) is 0.305. The van der Waals surface area contributed by atoms with Crippen molar-refractivity contribution in [3.63, 3.8) is 0 Å². The van der Waals surface area contributed by atoms with Crippen LogP contribution in [0.2, 0.25) is 5.02 Å². The van der Waals surface area contributed by atoms with Crippen molar-refractivity contribution in [1.29, 1.82) is 0 Å². The van der Waals surface area contributed by atoms with Gasteiger partial charge in [0.1, 0.15) is 18.0 Å². The Hall–Kier alpha value is -4.56. The summed E-state index contributed by atoms with van der Waals surface area (Å²) in [7, 11) is 3.45. The largest absolute Gasteiger partial charge is 0.504 e. The van der Waals surface area contributed by atoms with Crippen LogP contribution in [0.4, 0.5) is 20.3 Å². The average Bonchev–Trinajstić information content (AvgIpc) is 3.29. The van der Waals surface area contributed by atoms with Gasteiger partial charge in [-0.2, -0.15) is 4.39 Å². The predicted octanol–water partition coefficient (Wildman–Crippen LogP) is 2.31. The van der Waals surface area contributed by atoms with Crippen LogP contribution < -0.4 is 21.5 Å². The highest BCUT2D eigenvalue weighted by atomic mass is 35.5. The molecule has 1 aliphatic rings. The van der Waals surface area contributed by atoms with Gasteiger partial charge in [0.05, 0.1) is 34.2 Å². The minimum atomic E-state index is -1.71. The van der Waals surface area contributed by atoms with Gasteiger partial charge in [0.2, 0.25) is 11.7 Å². The number of nitrogens with one attached hydrogen (secondary N) is 1. The van der Waals surface area contributed by atoms with Crippen molar-refractivity contribution in [2.75, 3.05) is 36.9 Å². The molecule has 4 heterocycles. The molecule has 0 bridgehead atoms. The molecule has 0 saturated carbocycles. The molecule has 0 spiro atoms. The number of amides is 2. The van der Waals surface area contributed by atoms with Gasteiger partial charge < -0.3 is 35.1 Å². The Kier molecular flexibility index (Phi) is 7.60. The van der Waals surface area contributed by atoms with E-state index in [0.717, 1.165) is 30.3 Å². The van der Waals surface area contributed by atoms with Gasteiger partial charge in [0.15, 0.2) is 11.6 Å². The van der Waals surface area contributed by atoms with Crippen LogP contribution in [0, 0.1) is 11.6 Å². The lowest BCUT2D eigenvalue weighted by Crippen LogP contribution is -2.50. The molecule has 1 fully saturated rings. The predicted molar refractivity (Wildman–Crippen MR) is 153 cm³/mol. The number of likely N-dealkylation sites (N-methyl/N-ethyl adjacent to an activating group) is 1. The van der Waals surface area contributed by atoms with Crippen LogP contribution in [-0.2, 0) is 18.4 Å². The van der Waals surface area contributed by atoms with Crippen molar-refractivity contribution in [2.45, 2.75) is 19.5 Å². The maximum Gasteiger partial charge on any atom is 0.263 e. The van der Waals surface area contributed by atoms with E-state index in [0.29, 0.717) is 11.5 Å². The van der Waals surface area contributed by atoms with E-state index in [2.05, 4.69) is 32.0 Å². The molecule has 2 amide bonds. The minimum absolute atomic E-state index is 0.00420. The van der Waals surface area contributed by atoms with Gasteiger partial charge in [-0.05, 0) is 20.0 Å². The number of carbonyl (C=O) groups excluding carboxylic acids is 2. The number of rotatable bonds is 6. The molecule has 1 aliphatic heterocycles. The molecule has 0 unspecified atom stereocenters. The van der Waals surface area contributed by atoms with E-state index < -0.39 is 45.9 Å². The smallest absolute Gasteiger partial charge is 0.263 e. The Morgan fingerprint density at radius 2 is 1.90 bits per heavy atom. The summed E-state index contributed by atoms with van der Waals surface area (Å²) in [5.74, 6) is -5.59. The summed E-state index contributed by atoms with van der Waals surface area (Å²) >= 11 is 6.34. The number of primary amides is 1. The molecule has 15 heteroatoms. The van der Waals surface area contributed by atoms with E-state index in [4.69, 9.17) is 17.3 Å². The number of halogens is 3. The normalized spacial score (nSPS) is 15.8. The summed E-state index contributed by atoms with van der Waals surface area (Å²) < 4.78 is 32.0. The first-order valence-corrected chi connectivity index (χ1v) is 13.2. The van der Waals surface area contributed by atoms with Gasteiger partial charge in [-0.1, -0.05) is 11.6 Å². The Bertz CT molecular complexity index is 1810. The molecule has 5 rings (SSSR count). The van der Waals surface area contributed by atoms with Crippen LogP contribution in [-0.4, -0.2) is 73.6 Å². The van der Waals surface area contributed by atoms with Crippen molar-refractivity contribution in [1.82, 2.24) is 24.0 Å². The zero-order chi connectivity index (χ0) is 30.5. The summed E-state index contributed by atoms with van der Waals surface area (Å²) in [6.07, 6.45) is 3.91. The Morgan fingerprint density at radius 3 is 2.60 bits per heavy atom. The number of aryl methyl sites for hydroxylation is 1. The highest BCUT2D eigenvalue weighted by Gasteiger charge is 2.27. The molecule has 1 aromatic carbocycles.